The van der Waals surface area contributed by atoms with E-state index < -0.39 is 5.60 Å². The zero-order chi connectivity index (χ0) is 15.6. The van der Waals surface area contributed by atoms with Gasteiger partial charge in [-0.3, -0.25) is 0 Å². The molecule has 0 aromatic heterocycles. The highest BCUT2D eigenvalue weighted by atomic mass is 16.5. The Morgan fingerprint density at radius 2 is 1.52 bits per heavy atom. The van der Waals surface area contributed by atoms with Crippen LogP contribution in [-0.4, -0.2) is 19.3 Å². The molecule has 0 spiro atoms. The number of rotatable bonds is 4. The largest absolute Gasteiger partial charge is 0.497 e. The van der Waals surface area contributed by atoms with Gasteiger partial charge >= 0.3 is 0 Å². The predicted octanol–water partition coefficient (Wildman–Crippen LogP) is 3.58. The molecule has 1 N–H and O–H groups in total. The summed E-state index contributed by atoms with van der Waals surface area (Å²) in [6.45, 7) is 5.82. The molecule has 0 saturated carbocycles. The maximum Gasteiger partial charge on any atom is 0.125 e. The second kappa shape index (κ2) is 5.78. The van der Waals surface area contributed by atoms with Crippen LogP contribution in [0.25, 0.3) is 0 Å². The van der Waals surface area contributed by atoms with Crippen molar-refractivity contribution in [2.45, 2.75) is 26.4 Å². The molecule has 21 heavy (non-hydrogen) atoms. The van der Waals surface area contributed by atoms with E-state index in [2.05, 4.69) is 6.07 Å². The van der Waals surface area contributed by atoms with Gasteiger partial charge in [0.05, 0.1) is 14.2 Å². The van der Waals surface area contributed by atoms with Crippen LogP contribution >= 0.6 is 0 Å². The molecule has 0 saturated heterocycles. The van der Waals surface area contributed by atoms with Crippen molar-refractivity contribution in [3.63, 3.8) is 0 Å². The number of ether oxygens (including phenoxy) is 2. The fourth-order valence-electron chi connectivity index (χ4n) is 2.61. The molecule has 0 aliphatic carbocycles. The molecule has 0 aliphatic heterocycles. The Morgan fingerprint density at radius 1 is 0.905 bits per heavy atom. The first-order valence-corrected chi connectivity index (χ1v) is 6.92. The molecule has 0 bridgehead atoms. The van der Waals surface area contributed by atoms with E-state index in [1.807, 2.05) is 44.2 Å². The lowest BCUT2D eigenvalue weighted by atomic mass is 9.86. The summed E-state index contributed by atoms with van der Waals surface area (Å²) in [5, 5.41) is 11.1. The van der Waals surface area contributed by atoms with Crippen LogP contribution in [0, 0.1) is 13.8 Å². The summed E-state index contributed by atoms with van der Waals surface area (Å²) in [7, 11) is 3.21. The Balaban J connectivity index is 2.61. The third kappa shape index (κ3) is 3.03. The van der Waals surface area contributed by atoms with E-state index in [1.165, 1.54) is 0 Å². The van der Waals surface area contributed by atoms with Crippen molar-refractivity contribution in [2.75, 3.05) is 14.2 Å². The average Bonchev–Trinajstić information content (AvgIpc) is 2.45. The molecule has 2 rings (SSSR count). The molecule has 0 aliphatic rings. The number of hydrogen-bond acceptors (Lipinski definition) is 3. The van der Waals surface area contributed by atoms with E-state index in [-0.39, 0.29) is 0 Å². The maximum absolute atomic E-state index is 11.1. The Hall–Kier alpha value is -2.00. The standard InChI is InChI=1S/C18H22O3/c1-12-8-13(2)10-14(9-12)18(3,19)16-11-15(20-4)6-7-17(16)21-5/h6-11,19H,1-5H3. The normalized spacial score (nSPS) is 13.6. The van der Waals surface area contributed by atoms with E-state index in [1.54, 1.807) is 21.1 Å². The third-order valence-electron chi connectivity index (χ3n) is 3.71. The van der Waals surface area contributed by atoms with Crippen LogP contribution in [0.1, 0.15) is 29.2 Å². The summed E-state index contributed by atoms with van der Waals surface area (Å²) in [6, 6.07) is 11.5. The number of benzene rings is 2. The van der Waals surface area contributed by atoms with Crippen LogP contribution < -0.4 is 9.47 Å². The van der Waals surface area contributed by atoms with Crippen LogP contribution in [0.4, 0.5) is 0 Å². The van der Waals surface area contributed by atoms with E-state index in [0.717, 1.165) is 16.7 Å². The minimum atomic E-state index is -1.16. The lowest BCUT2D eigenvalue weighted by Crippen LogP contribution is -2.24. The number of methoxy groups -OCH3 is 2. The van der Waals surface area contributed by atoms with Gasteiger partial charge < -0.3 is 14.6 Å². The van der Waals surface area contributed by atoms with Gasteiger partial charge in [0.25, 0.3) is 0 Å². The lowest BCUT2D eigenvalue weighted by molar-refractivity contribution is 0.0985. The predicted molar refractivity (Wildman–Crippen MR) is 84.1 cm³/mol. The van der Waals surface area contributed by atoms with Gasteiger partial charge in [-0.25, -0.2) is 0 Å². The molecule has 0 radical (unpaired) electrons. The highest BCUT2D eigenvalue weighted by Gasteiger charge is 2.30. The first-order chi connectivity index (χ1) is 9.88. The SMILES string of the molecule is COc1ccc(OC)c(C(C)(O)c2cc(C)cc(C)c2)c1. The van der Waals surface area contributed by atoms with Crippen molar-refractivity contribution in [3.8, 4) is 11.5 Å². The first-order valence-electron chi connectivity index (χ1n) is 6.92. The molecule has 0 fully saturated rings. The Morgan fingerprint density at radius 3 is 2.05 bits per heavy atom. The van der Waals surface area contributed by atoms with Gasteiger partial charge in [-0.1, -0.05) is 29.3 Å². The summed E-state index contributed by atoms with van der Waals surface area (Å²) in [5.74, 6) is 1.33. The molecule has 3 heteroatoms. The number of aryl methyl sites for hydroxylation is 2. The highest BCUT2D eigenvalue weighted by Crippen LogP contribution is 2.38. The van der Waals surface area contributed by atoms with Crippen LogP contribution in [0.3, 0.4) is 0 Å². The van der Waals surface area contributed by atoms with E-state index >= 15 is 0 Å². The van der Waals surface area contributed by atoms with Gasteiger partial charge in [0.15, 0.2) is 0 Å². The first kappa shape index (κ1) is 15.4. The van der Waals surface area contributed by atoms with E-state index in [9.17, 15) is 5.11 Å². The van der Waals surface area contributed by atoms with E-state index in [4.69, 9.17) is 9.47 Å². The molecular formula is C18H22O3. The van der Waals surface area contributed by atoms with Gasteiger partial charge in [-0.2, -0.15) is 0 Å². The maximum atomic E-state index is 11.1. The molecular weight excluding hydrogens is 264 g/mol. The molecule has 3 nitrogen and oxygen atoms in total. The van der Waals surface area contributed by atoms with Crippen molar-refractivity contribution in [3.05, 3.63) is 58.7 Å². The van der Waals surface area contributed by atoms with Crippen LogP contribution in [0.2, 0.25) is 0 Å². The highest BCUT2D eigenvalue weighted by molar-refractivity contribution is 5.49. The molecule has 1 unspecified atom stereocenters. The second-order valence-electron chi connectivity index (χ2n) is 5.51. The zero-order valence-corrected chi connectivity index (χ0v) is 13.2. The minimum absolute atomic E-state index is 0.639. The van der Waals surface area contributed by atoms with Gasteiger partial charge in [-0.15, -0.1) is 0 Å². The Kier molecular flexibility index (Phi) is 4.24. The number of aliphatic hydroxyl groups is 1. The van der Waals surface area contributed by atoms with Gasteiger partial charge in [0, 0.05) is 5.56 Å². The third-order valence-corrected chi connectivity index (χ3v) is 3.71. The van der Waals surface area contributed by atoms with Gasteiger partial charge in [0.1, 0.15) is 17.1 Å². The fourth-order valence-corrected chi connectivity index (χ4v) is 2.61. The van der Waals surface area contributed by atoms with Crippen LogP contribution in [0.5, 0.6) is 11.5 Å². The van der Waals surface area contributed by atoms with Crippen LogP contribution in [0.15, 0.2) is 36.4 Å². The summed E-state index contributed by atoms with van der Waals surface area (Å²) >= 11 is 0. The quantitative estimate of drug-likeness (QED) is 0.933. The average molecular weight is 286 g/mol. The monoisotopic (exact) mass is 286 g/mol. The van der Waals surface area contributed by atoms with Gasteiger partial charge in [-0.05, 0) is 44.5 Å². The van der Waals surface area contributed by atoms with E-state index in [0.29, 0.717) is 17.1 Å². The lowest BCUT2D eigenvalue weighted by Gasteiger charge is -2.27. The summed E-state index contributed by atoms with van der Waals surface area (Å²) < 4.78 is 10.7. The van der Waals surface area contributed by atoms with Crippen molar-refractivity contribution < 1.29 is 14.6 Å². The summed E-state index contributed by atoms with van der Waals surface area (Å²) in [5.41, 5.74) is 2.61. The molecule has 0 heterocycles. The second-order valence-corrected chi connectivity index (χ2v) is 5.51. The summed E-state index contributed by atoms with van der Waals surface area (Å²) in [4.78, 5) is 0. The van der Waals surface area contributed by atoms with Crippen molar-refractivity contribution >= 4 is 0 Å². The molecule has 0 amide bonds. The van der Waals surface area contributed by atoms with Crippen molar-refractivity contribution in [2.24, 2.45) is 0 Å². The Bertz CT molecular complexity index is 625. The Labute approximate surface area is 126 Å². The molecule has 2 aromatic rings. The summed E-state index contributed by atoms with van der Waals surface area (Å²) in [6.07, 6.45) is 0. The molecule has 112 valence electrons. The molecule has 2 aromatic carbocycles. The zero-order valence-electron chi connectivity index (χ0n) is 13.2. The minimum Gasteiger partial charge on any atom is -0.497 e. The van der Waals surface area contributed by atoms with Crippen LogP contribution in [-0.2, 0) is 5.60 Å². The topological polar surface area (TPSA) is 38.7 Å². The smallest absolute Gasteiger partial charge is 0.125 e. The van der Waals surface area contributed by atoms with Crippen molar-refractivity contribution in [1.82, 2.24) is 0 Å². The van der Waals surface area contributed by atoms with Crippen molar-refractivity contribution in [1.29, 1.82) is 0 Å². The van der Waals surface area contributed by atoms with Gasteiger partial charge in [0.2, 0.25) is 0 Å². The molecule has 1 atom stereocenters. The fraction of sp³-hybridized carbons (Fsp3) is 0.333. The number of hydrogen-bond donors (Lipinski definition) is 1.